The van der Waals surface area contributed by atoms with Gasteiger partial charge in [-0.2, -0.15) is 0 Å². The van der Waals surface area contributed by atoms with Crippen LogP contribution in [0.1, 0.15) is 10.4 Å². The van der Waals surface area contributed by atoms with Crippen LogP contribution >= 0.6 is 15.9 Å². The van der Waals surface area contributed by atoms with Crippen LogP contribution in [0.2, 0.25) is 0 Å². The van der Waals surface area contributed by atoms with Gasteiger partial charge in [0.05, 0.1) is 5.56 Å². The van der Waals surface area contributed by atoms with Crippen LogP contribution in [0.3, 0.4) is 0 Å². The Morgan fingerprint density at radius 2 is 1.89 bits per heavy atom. The maximum atomic E-state index is 11.4. The smallest absolute Gasteiger partial charge is 0.252 e. The van der Waals surface area contributed by atoms with Gasteiger partial charge in [-0.3, -0.25) is 4.79 Å². The topological polar surface area (TPSA) is 64.3 Å². The maximum absolute atomic E-state index is 11.4. The van der Waals surface area contributed by atoms with Crippen molar-refractivity contribution < 1.29 is 9.53 Å². The van der Waals surface area contributed by atoms with E-state index < -0.39 is 5.91 Å². The van der Waals surface area contributed by atoms with Gasteiger partial charge in [-0.05, 0) is 42.5 Å². The van der Waals surface area contributed by atoms with Gasteiger partial charge in [-0.15, -0.1) is 0 Å². The van der Waals surface area contributed by atoms with E-state index >= 15 is 0 Å². The molecule has 4 nitrogen and oxygen atoms in total. The Hall–Kier alpha value is -2.01. The molecule has 0 saturated heterocycles. The van der Waals surface area contributed by atoms with Gasteiger partial charge in [-0.25, -0.2) is 0 Å². The predicted octanol–water partition coefficient (Wildman–Crippen LogP) is 3.38. The molecule has 19 heavy (non-hydrogen) atoms. The van der Waals surface area contributed by atoms with E-state index in [0.29, 0.717) is 17.1 Å². The summed E-state index contributed by atoms with van der Waals surface area (Å²) >= 11 is 3.30. The number of rotatable bonds is 4. The number of ether oxygens (including phenoxy) is 1. The number of nitrogens with two attached hydrogens (primary N) is 1. The minimum absolute atomic E-state index is 0.340. The molecule has 0 radical (unpaired) electrons. The monoisotopic (exact) mass is 320 g/mol. The summed E-state index contributed by atoms with van der Waals surface area (Å²) < 4.78 is 6.45. The second-order valence-electron chi connectivity index (χ2n) is 3.88. The van der Waals surface area contributed by atoms with E-state index in [1.807, 2.05) is 31.3 Å². The van der Waals surface area contributed by atoms with Crippen molar-refractivity contribution in [3.05, 3.63) is 52.5 Å². The minimum Gasteiger partial charge on any atom is -0.457 e. The van der Waals surface area contributed by atoms with Crippen LogP contribution in [0, 0.1) is 0 Å². The van der Waals surface area contributed by atoms with E-state index in [1.54, 1.807) is 18.2 Å². The van der Waals surface area contributed by atoms with Crippen LogP contribution in [-0.2, 0) is 0 Å². The summed E-state index contributed by atoms with van der Waals surface area (Å²) in [5.41, 5.74) is 6.66. The van der Waals surface area contributed by atoms with Gasteiger partial charge in [0.15, 0.2) is 0 Å². The molecular formula is C14H13BrN2O2. The fraction of sp³-hybridized carbons (Fsp3) is 0.0714. The zero-order valence-corrected chi connectivity index (χ0v) is 11.9. The van der Waals surface area contributed by atoms with Crippen LogP contribution in [0.4, 0.5) is 5.69 Å². The molecule has 0 bridgehead atoms. The van der Waals surface area contributed by atoms with Crippen LogP contribution in [0.15, 0.2) is 46.9 Å². The van der Waals surface area contributed by atoms with Crippen LogP contribution in [0.25, 0.3) is 0 Å². The normalized spacial score (nSPS) is 10.0. The van der Waals surface area contributed by atoms with Gasteiger partial charge in [0.25, 0.3) is 5.91 Å². The molecule has 0 saturated carbocycles. The number of halogens is 1. The molecule has 0 aliphatic carbocycles. The largest absolute Gasteiger partial charge is 0.457 e. The molecule has 1 amide bonds. The highest BCUT2D eigenvalue weighted by Crippen LogP contribution is 2.28. The van der Waals surface area contributed by atoms with Gasteiger partial charge < -0.3 is 15.8 Å². The average molecular weight is 321 g/mol. The summed E-state index contributed by atoms with van der Waals surface area (Å²) in [7, 11) is 1.84. The summed E-state index contributed by atoms with van der Waals surface area (Å²) in [5, 5.41) is 3.02. The molecule has 2 rings (SSSR count). The number of nitrogens with one attached hydrogen (secondary N) is 1. The zero-order chi connectivity index (χ0) is 13.8. The van der Waals surface area contributed by atoms with Crippen LogP contribution in [-0.4, -0.2) is 13.0 Å². The molecular weight excluding hydrogens is 308 g/mol. The molecule has 0 aliphatic heterocycles. The van der Waals surface area contributed by atoms with Gasteiger partial charge in [0, 0.05) is 17.2 Å². The van der Waals surface area contributed by atoms with Gasteiger partial charge in [0.1, 0.15) is 11.5 Å². The lowest BCUT2D eigenvalue weighted by Gasteiger charge is -2.10. The van der Waals surface area contributed by atoms with E-state index in [2.05, 4.69) is 21.2 Å². The highest BCUT2D eigenvalue weighted by Gasteiger charge is 2.10. The Morgan fingerprint density at radius 3 is 2.47 bits per heavy atom. The first-order valence-electron chi connectivity index (χ1n) is 5.65. The second kappa shape index (κ2) is 5.75. The molecule has 0 unspecified atom stereocenters. The van der Waals surface area contributed by atoms with E-state index in [1.165, 1.54) is 0 Å². The summed E-state index contributed by atoms with van der Waals surface area (Å²) in [4.78, 5) is 11.4. The number of primary amides is 1. The van der Waals surface area contributed by atoms with E-state index in [4.69, 9.17) is 10.5 Å². The molecule has 0 fully saturated rings. The molecule has 98 valence electrons. The molecule has 2 aromatic rings. The molecule has 5 heteroatoms. The molecule has 0 heterocycles. The number of anilines is 1. The van der Waals surface area contributed by atoms with Crippen molar-refractivity contribution >= 4 is 27.5 Å². The SMILES string of the molecule is CNc1ccc(Oc2ccc(Br)cc2C(N)=O)cc1. The maximum Gasteiger partial charge on any atom is 0.252 e. The lowest BCUT2D eigenvalue weighted by Crippen LogP contribution is -2.12. The van der Waals surface area contributed by atoms with Crippen molar-refractivity contribution in [2.24, 2.45) is 5.73 Å². The Labute approximate surface area is 119 Å². The standard InChI is InChI=1S/C14H13BrN2O2/c1-17-10-3-5-11(6-4-10)19-13-7-2-9(15)8-12(13)14(16)18/h2-8,17H,1H3,(H2,16,18). The Balaban J connectivity index is 2.29. The van der Waals surface area contributed by atoms with Gasteiger partial charge >= 0.3 is 0 Å². The summed E-state index contributed by atoms with van der Waals surface area (Å²) in [6, 6.07) is 12.5. The van der Waals surface area contributed by atoms with Gasteiger partial charge in [-0.1, -0.05) is 15.9 Å². The zero-order valence-electron chi connectivity index (χ0n) is 10.3. The third kappa shape index (κ3) is 3.26. The third-order valence-corrected chi connectivity index (χ3v) is 3.07. The minimum atomic E-state index is -0.525. The number of hydrogen-bond donors (Lipinski definition) is 2. The van der Waals surface area contributed by atoms with Crippen molar-refractivity contribution in [2.75, 3.05) is 12.4 Å². The first-order valence-corrected chi connectivity index (χ1v) is 6.44. The number of amides is 1. The lowest BCUT2D eigenvalue weighted by atomic mass is 10.2. The lowest BCUT2D eigenvalue weighted by molar-refractivity contribution is 0.0998. The van der Waals surface area contributed by atoms with Crippen molar-refractivity contribution in [3.63, 3.8) is 0 Å². The van der Waals surface area contributed by atoms with Crippen molar-refractivity contribution in [3.8, 4) is 11.5 Å². The van der Waals surface area contributed by atoms with Gasteiger partial charge in [0.2, 0.25) is 0 Å². The number of carbonyl (C=O) groups excluding carboxylic acids is 1. The van der Waals surface area contributed by atoms with E-state index in [0.717, 1.165) is 10.2 Å². The fourth-order valence-corrected chi connectivity index (χ4v) is 1.96. The molecule has 0 aromatic heterocycles. The summed E-state index contributed by atoms with van der Waals surface area (Å²) in [5.74, 6) is 0.555. The van der Waals surface area contributed by atoms with E-state index in [-0.39, 0.29) is 0 Å². The third-order valence-electron chi connectivity index (χ3n) is 2.58. The highest BCUT2D eigenvalue weighted by molar-refractivity contribution is 9.10. The van der Waals surface area contributed by atoms with Crippen molar-refractivity contribution in [1.82, 2.24) is 0 Å². The molecule has 0 atom stereocenters. The van der Waals surface area contributed by atoms with Crippen LogP contribution < -0.4 is 15.8 Å². The fourth-order valence-electron chi connectivity index (χ4n) is 1.60. The first kappa shape index (κ1) is 13.4. The number of carbonyl (C=O) groups is 1. The number of hydrogen-bond acceptors (Lipinski definition) is 3. The Kier molecular flexibility index (Phi) is 4.06. The Morgan fingerprint density at radius 1 is 1.21 bits per heavy atom. The van der Waals surface area contributed by atoms with E-state index in [9.17, 15) is 4.79 Å². The van der Waals surface area contributed by atoms with Crippen LogP contribution in [0.5, 0.6) is 11.5 Å². The highest BCUT2D eigenvalue weighted by atomic mass is 79.9. The average Bonchev–Trinajstić information content (AvgIpc) is 2.41. The molecule has 3 N–H and O–H groups in total. The van der Waals surface area contributed by atoms with Crippen molar-refractivity contribution in [2.45, 2.75) is 0 Å². The predicted molar refractivity (Wildman–Crippen MR) is 78.7 cm³/mol. The molecule has 2 aromatic carbocycles. The summed E-state index contributed by atoms with van der Waals surface area (Å²) in [6.45, 7) is 0. The second-order valence-corrected chi connectivity index (χ2v) is 4.80. The van der Waals surface area contributed by atoms with Crippen molar-refractivity contribution in [1.29, 1.82) is 0 Å². The Bertz CT molecular complexity index is 597. The number of benzene rings is 2. The molecule has 0 spiro atoms. The summed E-state index contributed by atoms with van der Waals surface area (Å²) in [6.07, 6.45) is 0. The quantitative estimate of drug-likeness (QED) is 0.907. The molecule has 0 aliphatic rings. The first-order chi connectivity index (χ1) is 9.10.